The van der Waals surface area contributed by atoms with E-state index < -0.39 is 29.5 Å². The Morgan fingerprint density at radius 1 is 1.19 bits per heavy atom. The topological polar surface area (TPSA) is 141 Å². The Labute approximate surface area is 189 Å². The predicted octanol–water partition coefficient (Wildman–Crippen LogP) is 1.14. The van der Waals surface area contributed by atoms with E-state index in [9.17, 15) is 24.3 Å². The molecule has 4 N–H and O–H groups in total. The number of nitrogens with zero attached hydrogens (tertiary/aromatic N) is 1. The molecular weight excluding hydrogens is 440 g/mol. The van der Waals surface area contributed by atoms with Gasteiger partial charge in [0.2, 0.25) is 0 Å². The second kappa shape index (κ2) is 11.9. The number of rotatable bonds is 9. The fraction of sp³-hybridized carbons (Fsp3) is 0.333. The lowest BCUT2D eigenvalue weighted by Gasteiger charge is -2.27. The highest BCUT2D eigenvalue weighted by molar-refractivity contribution is 6.30. The molecule has 0 radical (unpaired) electrons. The maximum Gasteiger partial charge on any atom is 0.406 e. The minimum atomic E-state index is -0.734. The molecule has 0 aliphatic rings. The highest BCUT2D eigenvalue weighted by Gasteiger charge is 2.23. The number of pyridine rings is 1. The summed E-state index contributed by atoms with van der Waals surface area (Å²) < 4.78 is 4.89. The number of aromatic nitrogens is 1. The summed E-state index contributed by atoms with van der Waals surface area (Å²) in [6.45, 7) is 1.36. The van der Waals surface area contributed by atoms with Gasteiger partial charge in [0.05, 0.1) is 19.2 Å². The number of H-pyrrole nitrogens is 1. The zero-order valence-corrected chi connectivity index (χ0v) is 18.4. The van der Waals surface area contributed by atoms with Crippen LogP contribution >= 0.6 is 11.6 Å². The van der Waals surface area contributed by atoms with Crippen molar-refractivity contribution in [1.82, 2.24) is 20.5 Å². The number of alkyl carbamates (subject to hydrolysis) is 1. The number of benzene rings is 1. The Morgan fingerprint density at radius 3 is 2.47 bits per heavy atom. The summed E-state index contributed by atoms with van der Waals surface area (Å²) in [5, 5.41) is 14.9. The van der Waals surface area contributed by atoms with Crippen LogP contribution in [0, 0.1) is 0 Å². The van der Waals surface area contributed by atoms with Crippen LogP contribution in [0.2, 0.25) is 5.02 Å². The molecule has 11 heteroatoms. The van der Waals surface area contributed by atoms with Crippen molar-refractivity contribution in [3.05, 3.63) is 68.6 Å². The van der Waals surface area contributed by atoms with Crippen molar-refractivity contribution in [1.29, 1.82) is 0 Å². The molecule has 10 nitrogen and oxygen atoms in total. The van der Waals surface area contributed by atoms with Gasteiger partial charge in [-0.15, -0.1) is 0 Å². The molecule has 1 atom stereocenters. The van der Waals surface area contributed by atoms with E-state index >= 15 is 0 Å². The predicted molar refractivity (Wildman–Crippen MR) is 118 cm³/mol. The molecule has 0 aliphatic carbocycles. The average Bonchev–Trinajstić information content (AvgIpc) is 2.80. The van der Waals surface area contributed by atoms with E-state index in [1.165, 1.54) is 24.1 Å². The molecule has 1 unspecified atom stereocenters. The molecule has 0 saturated carbocycles. The van der Waals surface area contributed by atoms with Gasteiger partial charge in [0.1, 0.15) is 17.9 Å². The summed E-state index contributed by atoms with van der Waals surface area (Å²) >= 11 is 5.83. The molecule has 1 heterocycles. The monoisotopic (exact) mass is 464 g/mol. The zero-order valence-electron chi connectivity index (χ0n) is 17.7. The number of amides is 3. The summed E-state index contributed by atoms with van der Waals surface area (Å²) in [5.41, 5.74) is -0.147. The first-order valence-electron chi connectivity index (χ1n) is 9.79. The number of hydrogen-bond acceptors (Lipinski definition) is 6. The van der Waals surface area contributed by atoms with Crippen LogP contribution in [0.3, 0.4) is 0 Å². The highest BCUT2D eigenvalue weighted by Crippen LogP contribution is 2.10. The number of carbonyl (C=O) groups is 3. The molecule has 172 valence electrons. The molecule has 3 amide bonds. The third-order valence-corrected chi connectivity index (χ3v) is 4.83. The number of ether oxygens (including phenoxy) is 1. The fourth-order valence-electron chi connectivity index (χ4n) is 2.74. The normalized spacial score (nSPS) is 11.4. The van der Waals surface area contributed by atoms with Crippen molar-refractivity contribution in [3.8, 4) is 0 Å². The van der Waals surface area contributed by atoms with Crippen LogP contribution in [-0.2, 0) is 11.3 Å². The lowest BCUT2D eigenvalue weighted by molar-refractivity contribution is 0.0538. The number of carbonyl (C=O) groups excluding carboxylic acids is 3. The smallest absolute Gasteiger partial charge is 0.406 e. The van der Waals surface area contributed by atoms with E-state index in [-0.39, 0.29) is 37.6 Å². The maximum absolute atomic E-state index is 12.8. The number of aliphatic hydroxyl groups excluding tert-OH is 1. The second-order valence-corrected chi connectivity index (χ2v) is 7.28. The van der Waals surface area contributed by atoms with Crippen molar-refractivity contribution >= 4 is 29.5 Å². The lowest BCUT2D eigenvalue weighted by Crippen LogP contribution is -2.44. The third-order valence-electron chi connectivity index (χ3n) is 4.58. The number of aliphatic hydroxyl groups is 1. The summed E-state index contributed by atoms with van der Waals surface area (Å²) in [5.74, 6) is -1.18. The van der Waals surface area contributed by atoms with Crippen LogP contribution in [0.5, 0.6) is 0 Å². The highest BCUT2D eigenvalue weighted by atomic mass is 35.5. The van der Waals surface area contributed by atoms with E-state index in [1.54, 1.807) is 31.2 Å². The first-order valence-corrected chi connectivity index (χ1v) is 10.2. The minimum absolute atomic E-state index is 0.000655. The second-order valence-electron chi connectivity index (χ2n) is 6.84. The summed E-state index contributed by atoms with van der Waals surface area (Å²) in [6, 6.07) is 8.86. The molecule has 1 aromatic carbocycles. The van der Waals surface area contributed by atoms with Crippen molar-refractivity contribution < 1.29 is 24.2 Å². The van der Waals surface area contributed by atoms with Crippen LogP contribution in [0.1, 0.15) is 33.3 Å². The largest absolute Gasteiger partial charge is 0.448 e. The van der Waals surface area contributed by atoms with Crippen molar-refractivity contribution in [2.24, 2.45) is 0 Å². The molecule has 0 aliphatic heterocycles. The molecule has 0 saturated heterocycles. The number of halogens is 1. The van der Waals surface area contributed by atoms with Gasteiger partial charge in [-0.05, 0) is 36.8 Å². The van der Waals surface area contributed by atoms with Crippen molar-refractivity contribution in [2.45, 2.75) is 19.5 Å². The maximum atomic E-state index is 12.8. The average molecular weight is 465 g/mol. The van der Waals surface area contributed by atoms with Gasteiger partial charge in [-0.2, -0.15) is 0 Å². The molecule has 2 aromatic rings. The molecule has 32 heavy (non-hydrogen) atoms. The fourth-order valence-corrected chi connectivity index (χ4v) is 2.87. The Kier molecular flexibility index (Phi) is 9.23. The van der Waals surface area contributed by atoms with Crippen LogP contribution in [0.4, 0.5) is 4.79 Å². The van der Waals surface area contributed by atoms with Crippen LogP contribution in [-0.4, -0.2) is 65.7 Å². The molecule has 0 bridgehead atoms. The Balaban J connectivity index is 2.09. The van der Waals surface area contributed by atoms with E-state index in [2.05, 4.69) is 15.6 Å². The van der Waals surface area contributed by atoms with E-state index in [0.29, 0.717) is 5.02 Å². The molecule has 0 fully saturated rings. The number of hydrogen-bond donors (Lipinski definition) is 4. The van der Waals surface area contributed by atoms with E-state index in [0.717, 1.165) is 5.56 Å². The van der Waals surface area contributed by atoms with Gasteiger partial charge in [-0.3, -0.25) is 14.4 Å². The Bertz CT molecular complexity index is 1010. The Morgan fingerprint density at radius 2 is 1.88 bits per heavy atom. The first kappa shape index (κ1) is 24.9. The lowest BCUT2D eigenvalue weighted by atomic mass is 10.2. The quantitative estimate of drug-likeness (QED) is 0.438. The van der Waals surface area contributed by atoms with Crippen molar-refractivity contribution in [2.75, 3.05) is 26.8 Å². The van der Waals surface area contributed by atoms with Gasteiger partial charge in [-0.25, -0.2) is 4.79 Å². The van der Waals surface area contributed by atoms with Gasteiger partial charge in [0, 0.05) is 18.6 Å². The van der Waals surface area contributed by atoms with Gasteiger partial charge >= 0.3 is 6.09 Å². The van der Waals surface area contributed by atoms with E-state index in [1.807, 2.05) is 0 Å². The minimum Gasteiger partial charge on any atom is -0.448 e. The number of nitrogens with one attached hydrogen (secondary N) is 3. The zero-order chi connectivity index (χ0) is 23.7. The van der Waals surface area contributed by atoms with Gasteiger partial charge < -0.3 is 30.4 Å². The molecule has 0 spiro atoms. The number of aromatic amines is 1. The summed E-state index contributed by atoms with van der Waals surface area (Å²) in [7, 11) is 1.40. The van der Waals surface area contributed by atoms with Gasteiger partial charge in [0.15, 0.2) is 0 Å². The standard InChI is InChI=1S/C21H25ClN4O6/c1-13(12-27)26(9-10-32-21(31)23-2)20(30)17-8-7-16(19(29)25-17)18(28)24-11-14-3-5-15(22)6-4-14/h3-8,13,27H,9-12H2,1-2H3,(H,23,31)(H,24,28)(H,25,29). The Hall–Kier alpha value is -3.37. The van der Waals surface area contributed by atoms with Gasteiger partial charge in [0.25, 0.3) is 17.4 Å². The third kappa shape index (κ3) is 6.82. The summed E-state index contributed by atoms with van der Waals surface area (Å²) in [4.78, 5) is 52.5. The first-order chi connectivity index (χ1) is 15.3. The summed E-state index contributed by atoms with van der Waals surface area (Å²) in [6.07, 6.45) is -0.656. The van der Waals surface area contributed by atoms with Crippen LogP contribution in [0.25, 0.3) is 0 Å². The van der Waals surface area contributed by atoms with Gasteiger partial charge in [-0.1, -0.05) is 23.7 Å². The van der Waals surface area contributed by atoms with Crippen molar-refractivity contribution in [3.63, 3.8) is 0 Å². The van der Waals surface area contributed by atoms with E-state index in [4.69, 9.17) is 16.3 Å². The molecular formula is C21H25ClN4O6. The van der Waals surface area contributed by atoms with Crippen LogP contribution < -0.4 is 16.2 Å². The van der Waals surface area contributed by atoms with Crippen LogP contribution in [0.15, 0.2) is 41.2 Å². The molecule has 1 aromatic heterocycles. The SMILES string of the molecule is CNC(=O)OCCN(C(=O)c1ccc(C(=O)NCc2ccc(Cl)cc2)c(=O)[nH]1)C(C)CO. The molecule has 2 rings (SSSR count).